The van der Waals surface area contributed by atoms with Gasteiger partial charge in [0.2, 0.25) is 10.0 Å². The van der Waals surface area contributed by atoms with Crippen molar-refractivity contribution in [3.63, 3.8) is 0 Å². The van der Waals surface area contributed by atoms with Crippen molar-refractivity contribution in [3.05, 3.63) is 114 Å². The van der Waals surface area contributed by atoms with Gasteiger partial charge in [0.15, 0.2) is 0 Å². The van der Waals surface area contributed by atoms with E-state index in [1.807, 2.05) is 73.7 Å². The fourth-order valence-electron chi connectivity index (χ4n) is 4.14. The van der Waals surface area contributed by atoms with Crippen LogP contribution in [-0.2, 0) is 10.0 Å². The molecule has 5 rings (SSSR count). The smallest absolute Gasteiger partial charge is 0.207 e. The zero-order valence-corrected chi connectivity index (χ0v) is 16.9. The molecule has 0 saturated carbocycles. The fourth-order valence-corrected chi connectivity index (χ4v) is 5.87. The fraction of sp³-hybridized carbons (Fsp3) is 0.120. The highest BCUT2D eigenvalue weighted by Gasteiger charge is 2.57. The van der Waals surface area contributed by atoms with E-state index in [0.29, 0.717) is 4.90 Å². The highest BCUT2D eigenvalue weighted by atomic mass is 32.2. The highest BCUT2D eigenvalue weighted by Crippen LogP contribution is 2.58. The van der Waals surface area contributed by atoms with Crippen LogP contribution in [0.2, 0.25) is 0 Å². The Morgan fingerprint density at radius 2 is 1.34 bits per heavy atom. The average molecular weight is 400 g/mol. The van der Waals surface area contributed by atoms with Gasteiger partial charge in [0.1, 0.15) is 0 Å². The second kappa shape index (κ2) is 6.83. The van der Waals surface area contributed by atoms with E-state index in [1.165, 1.54) is 0 Å². The first-order valence-electron chi connectivity index (χ1n) is 9.70. The molecule has 1 unspecified atom stereocenters. The summed E-state index contributed by atoms with van der Waals surface area (Å²) in [4.78, 5) is 0.340. The molecule has 0 amide bonds. The van der Waals surface area contributed by atoms with Crippen LogP contribution >= 0.6 is 0 Å². The lowest BCUT2D eigenvalue weighted by molar-refractivity contribution is 0.547. The summed E-state index contributed by atoms with van der Waals surface area (Å²) in [5, 5.41) is 2.22. The summed E-state index contributed by atoms with van der Waals surface area (Å²) < 4.78 is 28.7. The van der Waals surface area contributed by atoms with Crippen molar-refractivity contribution in [2.24, 2.45) is 0 Å². The zero-order chi connectivity index (χ0) is 20.0. The van der Waals surface area contributed by atoms with E-state index in [1.54, 1.807) is 16.4 Å². The molecule has 0 aromatic heterocycles. The van der Waals surface area contributed by atoms with E-state index < -0.39 is 10.0 Å². The lowest BCUT2D eigenvalue weighted by Gasteiger charge is -2.09. The molecule has 144 valence electrons. The molecule has 3 atom stereocenters. The summed E-state index contributed by atoms with van der Waals surface area (Å²) in [6.07, 6.45) is 0. The molecule has 4 aromatic rings. The summed E-state index contributed by atoms with van der Waals surface area (Å²) in [6.45, 7) is 1.96. The normalized spacial score (nSPS) is 21.2. The first-order chi connectivity index (χ1) is 14.1. The van der Waals surface area contributed by atoms with Crippen molar-refractivity contribution in [2.45, 2.75) is 23.9 Å². The lowest BCUT2D eigenvalue weighted by atomic mass is 9.99. The molecular weight excluding hydrogens is 378 g/mol. The molecule has 0 bridgehead atoms. The molecular formula is C25H21NO2S. The monoisotopic (exact) mass is 399 g/mol. The standard InChI is InChI=1S/C25H21NO2S/c1-18-14-16-21(17-15-18)29(27,28)26-24(20-9-3-2-4-10-20)25(26)23-13-7-11-19-8-5-6-12-22(19)23/h2-17,24-25H,1H3/t24-,25-,26?/m0/s1. The molecule has 0 aliphatic carbocycles. The van der Waals surface area contributed by atoms with Crippen LogP contribution in [0.3, 0.4) is 0 Å². The maximum Gasteiger partial charge on any atom is 0.244 e. The van der Waals surface area contributed by atoms with Crippen molar-refractivity contribution in [1.29, 1.82) is 0 Å². The van der Waals surface area contributed by atoms with Gasteiger partial charge in [0, 0.05) is 0 Å². The van der Waals surface area contributed by atoms with Crippen LogP contribution in [0.25, 0.3) is 10.8 Å². The Kier molecular flexibility index (Phi) is 4.26. The minimum absolute atomic E-state index is 0.201. The van der Waals surface area contributed by atoms with Gasteiger partial charge in [-0.05, 0) is 41.0 Å². The minimum Gasteiger partial charge on any atom is -0.207 e. The SMILES string of the molecule is Cc1ccc(S(=O)(=O)N2[C@@H](c3ccccc3)[C@@H]2c2cccc3ccccc23)cc1. The number of benzene rings is 4. The van der Waals surface area contributed by atoms with Crippen molar-refractivity contribution in [2.75, 3.05) is 0 Å². The largest absolute Gasteiger partial charge is 0.244 e. The molecule has 1 saturated heterocycles. The Bertz CT molecular complexity index is 1280. The van der Waals surface area contributed by atoms with Crippen LogP contribution in [0.5, 0.6) is 0 Å². The third-order valence-electron chi connectivity index (χ3n) is 5.64. The molecule has 0 radical (unpaired) electrons. The molecule has 4 heteroatoms. The number of hydrogen-bond donors (Lipinski definition) is 0. The summed E-state index contributed by atoms with van der Waals surface area (Å²) in [5.74, 6) is 0. The van der Waals surface area contributed by atoms with Crippen molar-refractivity contribution >= 4 is 20.8 Å². The molecule has 29 heavy (non-hydrogen) atoms. The predicted molar refractivity (Wildman–Crippen MR) is 116 cm³/mol. The zero-order valence-electron chi connectivity index (χ0n) is 16.1. The Balaban J connectivity index is 1.65. The molecule has 4 aromatic carbocycles. The summed E-state index contributed by atoms with van der Waals surface area (Å²) in [5.41, 5.74) is 3.11. The van der Waals surface area contributed by atoms with Gasteiger partial charge in [-0.15, -0.1) is 0 Å². The van der Waals surface area contributed by atoms with E-state index in [9.17, 15) is 8.42 Å². The van der Waals surface area contributed by atoms with Crippen molar-refractivity contribution in [1.82, 2.24) is 4.31 Å². The van der Waals surface area contributed by atoms with Crippen molar-refractivity contribution < 1.29 is 8.42 Å². The lowest BCUT2D eigenvalue weighted by Crippen LogP contribution is -2.13. The van der Waals surface area contributed by atoms with Crippen LogP contribution < -0.4 is 0 Å². The molecule has 1 aliphatic heterocycles. The molecule has 1 heterocycles. The number of sulfonamides is 1. The van der Waals surface area contributed by atoms with E-state index in [4.69, 9.17) is 0 Å². The van der Waals surface area contributed by atoms with Crippen LogP contribution in [0, 0.1) is 6.92 Å². The van der Waals surface area contributed by atoms with Gasteiger partial charge in [-0.25, -0.2) is 8.42 Å². The van der Waals surface area contributed by atoms with Gasteiger partial charge in [0.25, 0.3) is 0 Å². The Hall–Kier alpha value is -2.95. The second-order valence-electron chi connectivity index (χ2n) is 7.52. The number of nitrogens with zero attached hydrogens (tertiary/aromatic N) is 1. The third kappa shape index (κ3) is 3.05. The van der Waals surface area contributed by atoms with E-state index in [-0.39, 0.29) is 12.1 Å². The topological polar surface area (TPSA) is 37.1 Å². The average Bonchev–Trinajstić information content (AvgIpc) is 3.51. The van der Waals surface area contributed by atoms with Gasteiger partial charge < -0.3 is 0 Å². The molecule has 0 spiro atoms. The molecule has 3 nitrogen and oxygen atoms in total. The molecule has 0 N–H and O–H groups in total. The second-order valence-corrected chi connectivity index (χ2v) is 9.36. The predicted octanol–water partition coefficient (Wildman–Crippen LogP) is 5.64. The van der Waals surface area contributed by atoms with E-state index in [2.05, 4.69) is 18.2 Å². The van der Waals surface area contributed by atoms with Crippen LogP contribution in [0.15, 0.2) is 102 Å². The van der Waals surface area contributed by atoms with Crippen LogP contribution in [0.4, 0.5) is 0 Å². The highest BCUT2D eigenvalue weighted by molar-refractivity contribution is 7.89. The first kappa shape index (κ1) is 18.1. The summed E-state index contributed by atoms with van der Waals surface area (Å²) in [6, 6.07) is 30.9. The molecule has 1 aliphatic rings. The summed E-state index contributed by atoms with van der Waals surface area (Å²) >= 11 is 0. The van der Waals surface area contributed by atoms with Gasteiger partial charge >= 0.3 is 0 Å². The van der Waals surface area contributed by atoms with Crippen LogP contribution in [-0.4, -0.2) is 12.7 Å². The maximum absolute atomic E-state index is 13.5. The minimum atomic E-state index is -3.61. The van der Waals surface area contributed by atoms with Crippen molar-refractivity contribution in [3.8, 4) is 0 Å². The Morgan fingerprint density at radius 3 is 2.10 bits per heavy atom. The van der Waals surface area contributed by atoms with Gasteiger partial charge in [-0.2, -0.15) is 4.31 Å². The van der Waals surface area contributed by atoms with E-state index >= 15 is 0 Å². The quantitative estimate of drug-likeness (QED) is 0.417. The third-order valence-corrected chi connectivity index (χ3v) is 7.51. The number of fused-ring (bicyclic) bond motifs is 1. The Morgan fingerprint density at radius 1 is 0.690 bits per heavy atom. The van der Waals surface area contributed by atoms with Gasteiger partial charge in [0.05, 0.1) is 17.0 Å². The van der Waals surface area contributed by atoms with E-state index in [0.717, 1.165) is 27.5 Å². The summed E-state index contributed by atoms with van der Waals surface area (Å²) in [7, 11) is -3.61. The first-order valence-corrected chi connectivity index (χ1v) is 11.1. The maximum atomic E-state index is 13.5. The number of aryl methyl sites for hydroxylation is 1. The van der Waals surface area contributed by atoms with Gasteiger partial charge in [-0.3, -0.25) is 0 Å². The van der Waals surface area contributed by atoms with Gasteiger partial charge in [-0.1, -0.05) is 90.5 Å². The Labute approximate surface area is 171 Å². The van der Waals surface area contributed by atoms with Crippen LogP contribution in [0.1, 0.15) is 28.8 Å². The number of rotatable bonds is 4. The number of hydrogen-bond acceptors (Lipinski definition) is 2. The molecule has 1 fully saturated rings.